The Morgan fingerprint density at radius 2 is 1.78 bits per heavy atom. The molecule has 0 spiro atoms. The molecule has 0 amide bonds. The largest absolute Gasteiger partial charge is 0.310 e. The molecule has 0 fully saturated rings. The summed E-state index contributed by atoms with van der Waals surface area (Å²) in [7, 11) is 0. The Labute approximate surface area is 132 Å². The van der Waals surface area contributed by atoms with Crippen LogP contribution >= 0.6 is 43.2 Å². The Morgan fingerprint density at radius 1 is 1.17 bits per heavy atom. The van der Waals surface area contributed by atoms with Gasteiger partial charge in [-0.2, -0.15) is 0 Å². The summed E-state index contributed by atoms with van der Waals surface area (Å²) in [6.45, 7) is 7.78. The lowest BCUT2D eigenvalue weighted by Gasteiger charge is -2.27. The van der Waals surface area contributed by atoms with Crippen molar-refractivity contribution in [1.29, 1.82) is 0 Å². The first-order valence-corrected chi connectivity index (χ1v) is 9.22. The van der Waals surface area contributed by atoms with E-state index in [2.05, 4.69) is 64.0 Å². The highest BCUT2D eigenvalue weighted by Gasteiger charge is 2.24. The van der Waals surface area contributed by atoms with E-state index >= 15 is 0 Å². The lowest BCUT2D eigenvalue weighted by molar-refractivity contribution is 0.320. The van der Waals surface area contributed by atoms with Crippen molar-refractivity contribution in [2.45, 2.75) is 52.5 Å². The fourth-order valence-electron chi connectivity index (χ4n) is 2.53. The van der Waals surface area contributed by atoms with Crippen molar-refractivity contribution in [2.75, 3.05) is 6.54 Å². The van der Waals surface area contributed by atoms with Crippen LogP contribution in [-0.2, 0) is 0 Å². The van der Waals surface area contributed by atoms with E-state index in [9.17, 15) is 0 Å². The first kappa shape index (κ1) is 16.7. The predicted molar refractivity (Wildman–Crippen MR) is 89.4 cm³/mol. The van der Waals surface area contributed by atoms with E-state index < -0.39 is 0 Å². The molecule has 1 aromatic heterocycles. The second-order valence-electron chi connectivity index (χ2n) is 4.65. The third-order valence-corrected chi connectivity index (χ3v) is 5.62. The van der Waals surface area contributed by atoms with Gasteiger partial charge in [-0.05, 0) is 68.8 Å². The predicted octanol–water partition coefficient (Wildman–Crippen LogP) is 6.14. The summed E-state index contributed by atoms with van der Waals surface area (Å²) in [5, 5.41) is 3.68. The number of hydrogen-bond acceptors (Lipinski definition) is 2. The zero-order chi connectivity index (χ0) is 13.5. The van der Waals surface area contributed by atoms with Gasteiger partial charge in [0.1, 0.15) is 0 Å². The van der Waals surface area contributed by atoms with Gasteiger partial charge < -0.3 is 5.32 Å². The zero-order valence-corrected chi connectivity index (χ0v) is 15.4. The van der Waals surface area contributed by atoms with Gasteiger partial charge in [0, 0.05) is 6.04 Å². The highest BCUT2D eigenvalue weighted by Crippen LogP contribution is 2.40. The number of rotatable bonds is 8. The van der Waals surface area contributed by atoms with Crippen LogP contribution in [0, 0.1) is 5.92 Å². The van der Waals surface area contributed by atoms with Crippen LogP contribution in [0.1, 0.15) is 58.1 Å². The summed E-state index contributed by atoms with van der Waals surface area (Å²) < 4.78 is 2.47. The molecule has 18 heavy (non-hydrogen) atoms. The lowest BCUT2D eigenvalue weighted by atomic mass is 9.87. The Hall–Kier alpha value is 0.620. The van der Waals surface area contributed by atoms with E-state index in [4.69, 9.17) is 0 Å². The van der Waals surface area contributed by atoms with Crippen molar-refractivity contribution in [2.24, 2.45) is 5.92 Å². The van der Waals surface area contributed by atoms with E-state index in [1.165, 1.54) is 38.8 Å². The van der Waals surface area contributed by atoms with Crippen LogP contribution in [0.4, 0.5) is 0 Å². The molecule has 0 bridgehead atoms. The number of thiophene rings is 1. The topological polar surface area (TPSA) is 12.0 Å². The highest BCUT2D eigenvalue weighted by atomic mass is 79.9. The second-order valence-corrected chi connectivity index (χ2v) is 8.40. The average Bonchev–Trinajstić information content (AvgIpc) is 2.65. The van der Waals surface area contributed by atoms with E-state index in [-0.39, 0.29) is 0 Å². The zero-order valence-electron chi connectivity index (χ0n) is 11.4. The summed E-state index contributed by atoms with van der Waals surface area (Å²) >= 11 is 9.07. The molecule has 1 nitrogen and oxygen atoms in total. The van der Waals surface area contributed by atoms with Gasteiger partial charge >= 0.3 is 0 Å². The van der Waals surface area contributed by atoms with Crippen LogP contribution in [0.5, 0.6) is 0 Å². The minimum Gasteiger partial charge on any atom is -0.310 e. The van der Waals surface area contributed by atoms with Crippen LogP contribution < -0.4 is 5.32 Å². The molecule has 0 aliphatic rings. The van der Waals surface area contributed by atoms with Crippen molar-refractivity contribution >= 4 is 43.2 Å². The second kappa shape index (κ2) is 8.72. The highest BCUT2D eigenvalue weighted by molar-refractivity contribution is 9.12. The molecule has 1 rings (SSSR count). The van der Waals surface area contributed by atoms with Gasteiger partial charge in [0.25, 0.3) is 0 Å². The number of halogens is 2. The van der Waals surface area contributed by atoms with Crippen molar-refractivity contribution in [1.82, 2.24) is 5.32 Å². The Balaban J connectivity index is 2.94. The molecule has 1 atom stereocenters. The number of hydrogen-bond donors (Lipinski definition) is 1. The quantitative estimate of drug-likeness (QED) is 0.556. The first-order valence-electron chi connectivity index (χ1n) is 6.82. The summed E-state index contributed by atoms with van der Waals surface area (Å²) in [6.07, 6.45) is 5.11. The Bertz CT molecular complexity index is 346. The van der Waals surface area contributed by atoms with Crippen LogP contribution in [0.2, 0.25) is 0 Å². The SMILES string of the molecule is CCCC(CCC)C(NCC)c1cc(Br)sc1Br. The van der Waals surface area contributed by atoms with Gasteiger partial charge in [0.15, 0.2) is 0 Å². The minimum absolute atomic E-state index is 0.479. The maximum absolute atomic E-state index is 3.71. The molecule has 1 aromatic rings. The molecular formula is C14H23Br2NS. The Morgan fingerprint density at radius 3 is 2.17 bits per heavy atom. The molecule has 104 valence electrons. The molecule has 0 saturated heterocycles. The molecule has 4 heteroatoms. The lowest BCUT2D eigenvalue weighted by Crippen LogP contribution is -2.28. The van der Waals surface area contributed by atoms with E-state index in [1.54, 1.807) is 11.3 Å². The molecule has 0 saturated carbocycles. The standard InChI is InChI=1S/C14H23Br2NS/c1-4-7-10(8-5-2)13(17-6-3)11-9-12(15)18-14(11)16/h9-10,13,17H,4-8H2,1-3H3. The molecule has 0 aliphatic carbocycles. The average molecular weight is 397 g/mol. The first-order chi connectivity index (χ1) is 8.63. The monoisotopic (exact) mass is 395 g/mol. The summed E-state index contributed by atoms with van der Waals surface area (Å²) in [4.78, 5) is 0. The molecule has 0 radical (unpaired) electrons. The summed E-state index contributed by atoms with van der Waals surface area (Å²) in [6, 6.07) is 2.74. The molecule has 1 N–H and O–H groups in total. The normalized spacial score (nSPS) is 13.2. The van der Waals surface area contributed by atoms with Gasteiger partial charge in [0.05, 0.1) is 7.57 Å². The maximum Gasteiger partial charge on any atom is 0.0758 e. The maximum atomic E-state index is 3.71. The van der Waals surface area contributed by atoms with E-state index in [0.717, 1.165) is 12.5 Å². The fourth-order valence-corrected chi connectivity index (χ4v) is 5.46. The smallest absolute Gasteiger partial charge is 0.0758 e. The van der Waals surface area contributed by atoms with Crippen molar-refractivity contribution in [3.63, 3.8) is 0 Å². The van der Waals surface area contributed by atoms with Crippen LogP contribution in [0.25, 0.3) is 0 Å². The molecule has 0 aromatic carbocycles. The van der Waals surface area contributed by atoms with Gasteiger partial charge in [-0.25, -0.2) is 0 Å². The van der Waals surface area contributed by atoms with Crippen LogP contribution in [0.3, 0.4) is 0 Å². The van der Waals surface area contributed by atoms with Crippen LogP contribution in [-0.4, -0.2) is 6.54 Å². The van der Waals surface area contributed by atoms with E-state index in [1.807, 2.05) is 0 Å². The molecule has 0 aliphatic heterocycles. The third kappa shape index (κ3) is 4.62. The molecule has 1 unspecified atom stereocenters. The van der Waals surface area contributed by atoms with Gasteiger partial charge in [-0.1, -0.05) is 33.6 Å². The third-order valence-electron chi connectivity index (χ3n) is 3.23. The van der Waals surface area contributed by atoms with Gasteiger partial charge in [-0.15, -0.1) is 11.3 Å². The van der Waals surface area contributed by atoms with Gasteiger partial charge in [-0.3, -0.25) is 0 Å². The van der Waals surface area contributed by atoms with Crippen molar-refractivity contribution in [3.8, 4) is 0 Å². The van der Waals surface area contributed by atoms with Gasteiger partial charge in [0.2, 0.25) is 0 Å². The van der Waals surface area contributed by atoms with Crippen molar-refractivity contribution < 1.29 is 0 Å². The molecule has 1 heterocycles. The summed E-state index contributed by atoms with van der Waals surface area (Å²) in [5.41, 5.74) is 1.42. The number of nitrogens with one attached hydrogen (secondary N) is 1. The van der Waals surface area contributed by atoms with Crippen molar-refractivity contribution in [3.05, 3.63) is 19.2 Å². The Kier molecular flexibility index (Phi) is 8.08. The summed E-state index contributed by atoms with van der Waals surface area (Å²) in [5.74, 6) is 0.734. The van der Waals surface area contributed by atoms with E-state index in [0.29, 0.717) is 6.04 Å². The molecular weight excluding hydrogens is 374 g/mol. The van der Waals surface area contributed by atoms with Crippen LogP contribution in [0.15, 0.2) is 13.6 Å². The minimum atomic E-state index is 0.479. The fraction of sp³-hybridized carbons (Fsp3) is 0.714.